The van der Waals surface area contributed by atoms with Crippen molar-refractivity contribution >= 4 is 21.9 Å². The molecule has 0 atom stereocenters. The number of imidazole rings is 1. The van der Waals surface area contributed by atoms with E-state index >= 15 is 0 Å². The first-order valence-electron chi connectivity index (χ1n) is 14.3. The van der Waals surface area contributed by atoms with Gasteiger partial charge in [0, 0.05) is 31.4 Å². The lowest BCUT2D eigenvalue weighted by molar-refractivity contribution is 0.156. The van der Waals surface area contributed by atoms with Crippen LogP contribution in [0, 0.1) is 10.8 Å². The minimum absolute atomic E-state index is 0.148. The Morgan fingerprint density at radius 3 is 2.38 bits per heavy atom. The number of fused-ring (bicyclic) bond motifs is 3. The molecular formula is C33H44N4. The molecule has 37 heavy (non-hydrogen) atoms. The second-order valence-corrected chi connectivity index (χ2v) is 12.8. The molecule has 1 fully saturated rings. The Kier molecular flexibility index (Phi) is 7.40. The first kappa shape index (κ1) is 25.9. The molecule has 0 spiro atoms. The topological polar surface area (TPSA) is 42.7 Å². The maximum atomic E-state index is 5.27. The van der Waals surface area contributed by atoms with Crippen molar-refractivity contribution in [3.8, 4) is 0 Å². The third kappa shape index (κ3) is 5.90. The zero-order valence-corrected chi connectivity index (χ0v) is 23.5. The smallest absolute Gasteiger partial charge is 0.111 e. The van der Waals surface area contributed by atoms with Crippen LogP contribution in [0.5, 0.6) is 0 Å². The number of rotatable bonds is 10. The van der Waals surface area contributed by atoms with Crippen LogP contribution in [0.3, 0.4) is 0 Å². The summed E-state index contributed by atoms with van der Waals surface area (Å²) in [5, 5.41) is 4.89. The van der Waals surface area contributed by atoms with Crippen molar-refractivity contribution in [1.82, 2.24) is 19.9 Å². The fourth-order valence-corrected chi connectivity index (χ4v) is 5.68. The largest absolute Gasteiger partial charge is 0.323 e. The van der Waals surface area contributed by atoms with Gasteiger partial charge in [-0.2, -0.15) is 0 Å². The van der Waals surface area contributed by atoms with E-state index in [4.69, 9.17) is 9.97 Å². The molecule has 5 rings (SSSR count). The van der Waals surface area contributed by atoms with Crippen molar-refractivity contribution in [2.75, 3.05) is 6.54 Å². The summed E-state index contributed by atoms with van der Waals surface area (Å²) in [5.74, 6) is 1.18. The number of aromatic nitrogens is 3. The van der Waals surface area contributed by atoms with E-state index in [1.54, 1.807) is 0 Å². The van der Waals surface area contributed by atoms with E-state index < -0.39 is 0 Å². The molecule has 2 heterocycles. The molecule has 1 N–H and O–H groups in total. The van der Waals surface area contributed by atoms with Crippen molar-refractivity contribution in [2.45, 2.75) is 92.7 Å². The number of nitrogens with zero attached hydrogens (tertiary/aromatic N) is 3. The first-order chi connectivity index (χ1) is 17.7. The summed E-state index contributed by atoms with van der Waals surface area (Å²) in [5.41, 5.74) is 7.87. The number of nitrogens with one attached hydrogen (secondary N) is 1. The molecule has 0 saturated heterocycles. The molecule has 1 saturated carbocycles. The minimum Gasteiger partial charge on any atom is -0.323 e. The van der Waals surface area contributed by atoms with Crippen LogP contribution in [0.4, 0.5) is 0 Å². The normalized spacial score (nSPS) is 15.4. The quantitative estimate of drug-likeness (QED) is 0.243. The fourth-order valence-electron chi connectivity index (χ4n) is 5.68. The number of hydrogen-bond acceptors (Lipinski definition) is 3. The van der Waals surface area contributed by atoms with Gasteiger partial charge in [-0.1, -0.05) is 89.9 Å². The van der Waals surface area contributed by atoms with Gasteiger partial charge >= 0.3 is 0 Å². The van der Waals surface area contributed by atoms with Crippen LogP contribution in [0.2, 0.25) is 0 Å². The molecule has 1 aliphatic carbocycles. The zero-order valence-electron chi connectivity index (χ0n) is 23.5. The van der Waals surface area contributed by atoms with Gasteiger partial charge in [-0.15, -0.1) is 0 Å². The molecule has 2 aromatic heterocycles. The summed E-state index contributed by atoms with van der Waals surface area (Å²) in [4.78, 5) is 10.4. The molecular weight excluding hydrogens is 452 g/mol. The van der Waals surface area contributed by atoms with Crippen LogP contribution in [0.25, 0.3) is 21.9 Å². The summed E-state index contributed by atoms with van der Waals surface area (Å²) < 4.78 is 2.48. The van der Waals surface area contributed by atoms with Crippen molar-refractivity contribution in [3.05, 3.63) is 71.2 Å². The standard InChI is InChI=1S/C33H44N4/c1-6-7-13-29-36-30-28(20-32(2,3)4)35-27-12-9-8-11-26(27)31(30)37(29)22-25-16-14-24(15-17-25)21-34-23-33(5)18-10-19-33/h8-9,11-12,14-17,34H,6-7,10,13,18-23H2,1-5H3. The Balaban J connectivity index is 1.48. The highest BCUT2D eigenvalue weighted by atomic mass is 15.1. The van der Waals surface area contributed by atoms with Gasteiger partial charge < -0.3 is 9.88 Å². The molecule has 0 amide bonds. The van der Waals surface area contributed by atoms with E-state index in [0.717, 1.165) is 62.0 Å². The summed E-state index contributed by atoms with van der Waals surface area (Å²) in [7, 11) is 0. The Morgan fingerprint density at radius 2 is 1.70 bits per heavy atom. The van der Waals surface area contributed by atoms with Crippen LogP contribution in [-0.2, 0) is 25.9 Å². The first-order valence-corrected chi connectivity index (χ1v) is 14.3. The van der Waals surface area contributed by atoms with Gasteiger partial charge in [-0.25, -0.2) is 4.98 Å². The van der Waals surface area contributed by atoms with E-state index in [9.17, 15) is 0 Å². The Hall–Kier alpha value is -2.72. The van der Waals surface area contributed by atoms with Crippen LogP contribution < -0.4 is 5.32 Å². The van der Waals surface area contributed by atoms with Crippen molar-refractivity contribution in [1.29, 1.82) is 0 Å². The Labute approximate surface area is 222 Å². The number of unbranched alkanes of at least 4 members (excludes halogenated alkanes) is 1. The maximum absolute atomic E-state index is 5.27. The third-order valence-electron chi connectivity index (χ3n) is 7.99. The highest BCUT2D eigenvalue weighted by Gasteiger charge is 2.30. The molecule has 196 valence electrons. The predicted octanol–water partition coefficient (Wildman–Crippen LogP) is 7.84. The van der Waals surface area contributed by atoms with E-state index in [0.29, 0.717) is 5.41 Å². The molecule has 0 aliphatic heterocycles. The lowest BCUT2D eigenvalue weighted by Crippen LogP contribution is -2.36. The number of aryl methyl sites for hydroxylation is 1. The highest BCUT2D eigenvalue weighted by molar-refractivity contribution is 6.03. The summed E-state index contributed by atoms with van der Waals surface area (Å²) in [6.07, 6.45) is 8.33. The lowest BCUT2D eigenvalue weighted by atomic mass is 9.70. The maximum Gasteiger partial charge on any atom is 0.111 e. The lowest BCUT2D eigenvalue weighted by Gasteiger charge is -2.38. The number of hydrogen-bond donors (Lipinski definition) is 1. The van der Waals surface area contributed by atoms with E-state index in [-0.39, 0.29) is 5.41 Å². The van der Waals surface area contributed by atoms with Gasteiger partial charge in [-0.3, -0.25) is 4.98 Å². The predicted molar refractivity (Wildman–Crippen MR) is 156 cm³/mol. The Morgan fingerprint density at radius 1 is 0.973 bits per heavy atom. The number of benzene rings is 2. The van der Waals surface area contributed by atoms with Crippen LogP contribution in [0.1, 0.15) is 89.4 Å². The molecule has 0 unspecified atom stereocenters. The SMILES string of the molecule is CCCCc1nc2c(CC(C)(C)C)nc3ccccc3c2n1Cc1ccc(CNCC2(C)CCC2)cc1. The van der Waals surface area contributed by atoms with Gasteiger partial charge in [0.2, 0.25) is 0 Å². The monoisotopic (exact) mass is 496 g/mol. The highest BCUT2D eigenvalue weighted by Crippen LogP contribution is 2.39. The molecule has 4 heteroatoms. The van der Waals surface area contributed by atoms with E-state index in [1.165, 1.54) is 47.1 Å². The van der Waals surface area contributed by atoms with Crippen molar-refractivity contribution in [2.24, 2.45) is 10.8 Å². The van der Waals surface area contributed by atoms with Gasteiger partial charge in [0.25, 0.3) is 0 Å². The van der Waals surface area contributed by atoms with Gasteiger partial charge in [0.05, 0.1) is 16.7 Å². The summed E-state index contributed by atoms with van der Waals surface area (Å²) in [6.45, 7) is 14.4. The molecule has 4 aromatic rings. The minimum atomic E-state index is 0.148. The average molecular weight is 497 g/mol. The average Bonchev–Trinajstić information content (AvgIpc) is 3.20. The zero-order chi connectivity index (χ0) is 26.0. The number of para-hydroxylation sites is 1. The summed E-state index contributed by atoms with van der Waals surface area (Å²) in [6, 6.07) is 17.8. The van der Waals surface area contributed by atoms with Gasteiger partial charge in [0.15, 0.2) is 0 Å². The fraction of sp³-hybridized carbons (Fsp3) is 0.515. The van der Waals surface area contributed by atoms with Crippen molar-refractivity contribution < 1.29 is 0 Å². The Bertz CT molecular complexity index is 1350. The van der Waals surface area contributed by atoms with E-state index in [1.807, 2.05) is 0 Å². The second-order valence-electron chi connectivity index (χ2n) is 12.8. The molecule has 1 aliphatic rings. The molecule has 0 bridgehead atoms. The molecule has 0 radical (unpaired) electrons. The van der Waals surface area contributed by atoms with Gasteiger partial charge in [0.1, 0.15) is 11.3 Å². The van der Waals surface area contributed by atoms with Crippen LogP contribution in [-0.4, -0.2) is 21.1 Å². The van der Waals surface area contributed by atoms with Crippen LogP contribution >= 0.6 is 0 Å². The van der Waals surface area contributed by atoms with Crippen LogP contribution in [0.15, 0.2) is 48.5 Å². The number of pyridine rings is 1. The van der Waals surface area contributed by atoms with Gasteiger partial charge in [-0.05, 0) is 53.7 Å². The summed E-state index contributed by atoms with van der Waals surface area (Å²) >= 11 is 0. The second kappa shape index (κ2) is 10.6. The van der Waals surface area contributed by atoms with E-state index in [2.05, 4.69) is 93.0 Å². The third-order valence-corrected chi connectivity index (χ3v) is 7.99. The molecule has 4 nitrogen and oxygen atoms in total. The molecule has 2 aromatic carbocycles. The van der Waals surface area contributed by atoms with Crippen molar-refractivity contribution in [3.63, 3.8) is 0 Å².